The fourth-order valence-corrected chi connectivity index (χ4v) is 5.29. The molecule has 0 bridgehead atoms. The zero-order valence-electron chi connectivity index (χ0n) is 16.0. The predicted molar refractivity (Wildman–Crippen MR) is 105 cm³/mol. The van der Waals surface area contributed by atoms with Gasteiger partial charge in [0.15, 0.2) is 0 Å². The Bertz CT molecular complexity index is 730. The van der Waals surface area contributed by atoms with Gasteiger partial charge in [0, 0.05) is 38.3 Å². The van der Waals surface area contributed by atoms with Crippen LogP contribution in [0.15, 0.2) is 30.3 Å². The Labute approximate surface area is 162 Å². The molecule has 2 saturated heterocycles. The van der Waals surface area contributed by atoms with Crippen LogP contribution in [0.5, 0.6) is 0 Å². The molecule has 1 atom stereocenters. The maximum atomic E-state index is 12.8. The molecular weight excluding hydrogens is 364 g/mol. The number of rotatable bonds is 6. The van der Waals surface area contributed by atoms with Gasteiger partial charge >= 0.3 is 0 Å². The lowest BCUT2D eigenvalue weighted by molar-refractivity contribution is -0.126. The number of hydrogen-bond donors (Lipinski definition) is 1. The fourth-order valence-electron chi connectivity index (χ4n) is 4.11. The van der Waals surface area contributed by atoms with E-state index in [1.165, 1.54) is 9.87 Å². The SMILES string of the molecule is CCS(=O)(=O)N1CCC[C@H](C(=O)NCC2(c3ccccc3)CCOCC2)C1. The van der Waals surface area contributed by atoms with Crippen LogP contribution in [-0.2, 0) is 25.0 Å². The summed E-state index contributed by atoms with van der Waals surface area (Å²) in [6.45, 7) is 4.41. The molecule has 0 radical (unpaired) electrons. The van der Waals surface area contributed by atoms with Crippen molar-refractivity contribution in [3.8, 4) is 0 Å². The number of amides is 1. The van der Waals surface area contributed by atoms with Gasteiger partial charge in [0.1, 0.15) is 0 Å². The first kappa shape index (κ1) is 20.3. The van der Waals surface area contributed by atoms with Crippen LogP contribution >= 0.6 is 0 Å². The summed E-state index contributed by atoms with van der Waals surface area (Å²) in [7, 11) is -3.24. The largest absolute Gasteiger partial charge is 0.381 e. The zero-order chi connectivity index (χ0) is 19.3. The van der Waals surface area contributed by atoms with Gasteiger partial charge < -0.3 is 10.1 Å². The highest BCUT2D eigenvalue weighted by molar-refractivity contribution is 7.89. The third-order valence-corrected chi connectivity index (χ3v) is 7.80. The zero-order valence-corrected chi connectivity index (χ0v) is 16.8. The van der Waals surface area contributed by atoms with Crippen molar-refractivity contribution in [1.29, 1.82) is 0 Å². The normalized spacial score (nSPS) is 23.7. The standard InChI is InChI=1S/C20H30N2O4S/c1-2-27(24,25)22-12-6-7-17(15-22)19(23)21-16-20(10-13-26-14-11-20)18-8-4-3-5-9-18/h3-5,8-9,17H,2,6-7,10-16H2,1H3,(H,21,23)/t17-/m0/s1. The molecule has 1 aromatic rings. The minimum atomic E-state index is -3.24. The summed E-state index contributed by atoms with van der Waals surface area (Å²) in [5.41, 5.74) is 1.12. The molecule has 0 saturated carbocycles. The van der Waals surface area contributed by atoms with E-state index >= 15 is 0 Å². The Morgan fingerprint density at radius 2 is 1.96 bits per heavy atom. The highest BCUT2D eigenvalue weighted by atomic mass is 32.2. The third-order valence-electron chi connectivity index (χ3n) is 5.95. The lowest BCUT2D eigenvalue weighted by atomic mass is 9.74. The molecule has 3 rings (SSSR count). The number of benzene rings is 1. The van der Waals surface area contributed by atoms with Crippen LogP contribution in [0.4, 0.5) is 0 Å². The van der Waals surface area contributed by atoms with E-state index in [1.54, 1.807) is 6.92 Å². The number of hydrogen-bond acceptors (Lipinski definition) is 4. The van der Waals surface area contributed by atoms with Gasteiger partial charge in [-0.3, -0.25) is 4.79 Å². The van der Waals surface area contributed by atoms with Crippen LogP contribution in [0.3, 0.4) is 0 Å². The summed E-state index contributed by atoms with van der Waals surface area (Å²) in [5.74, 6) is -0.223. The molecule has 1 amide bonds. The molecule has 0 aliphatic carbocycles. The molecular formula is C20H30N2O4S. The van der Waals surface area contributed by atoms with Gasteiger partial charge in [0.2, 0.25) is 15.9 Å². The van der Waals surface area contributed by atoms with Crippen LogP contribution in [0.25, 0.3) is 0 Å². The molecule has 6 nitrogen and oxygen atoms in total. The van der Waals surface area contributed by atoms with E-state index < -0.39 is 10.0 Å². The summed E-state index contributed by atoms with van der Waals surface area (Å²) >= 11 is 0. The molecule has 0 unspecified atom stereocenters. The number of ether oxygens (including phenoxy) is 1. The molecule has 2 fully saturated rings. The van der Waals surface area contributed by atoms with Gasteiger partial charge in [-0.1, -0.05) is 30.3 Å². The second-order valence-corrected chi connectivity index (χ2v) is 9.83. The summed E-state index contributed by atoms with van der Waals surface area (Å²) < 4.78 is 31.3. The van der Waals surface area contributed by atoms with E-state index in [-0.39, 0.29) is 23.0 Å². The summed E-state index contributed by atoms with van der Waals surface area (Å²) in [4.78, 5) is 12.8. The molecule has 2 aliphatic rings. The topological polar surface area (TPSA) is 75.7 Å². The van der Waals surface area contributed by atoms with Crippen molar-refractivity contribution >= 4 is 15.9 Å². The van der Waals surface area contributed by atoms with E-state index in [4.69, 9.17) is 4.74 Å². The van der Waals surface area contributed by atoms with Gasteiger partial charge in [-0.2, -0.15) is 0 Å². The van der Waals surface area contributed by atoms with E-state index in [2.05, 4.69) is 17.4 Å². The quantitative estimate of drug-likeness (QED) is 0.800. The first-order chi connectivity index (χ1) is 13.0. The molecule has 1 N–H and O–H groups in total. The van der Waals surface area contributed by atoms with Crippen LogP contribution in [0.1, 0.15) is 38.2 Å². The first-order valence-corrected chi connectivity index (χ1v) is 11.5. The monoisotopic (exact) mass is 394 g/mol. The lowest BCUT2D eigenvalue weighted by Gasteiger charge is -2.38. The van der Waals surface area contributed by atoms with Crippen LogP contribution < -0.4 is 5.32 Å². The second-order valence-electron chi connectivity index (χ2n) is 7.57. The number of carbonyl (C=O) groups excluding carboxylic acids is 1. The highest BCUT2D eigenvalue weighted by Gasteiger charge is 2.36. The maximum absolute atomic E-state index is 12.8. The van der Waals surface area contributed by atoms with Gasteiger partial charge in [-0.15, -0.1) is 0 Å². The number of nitrogens with one attached hydrogen (secondary N) is 1. The summed E-state index contributed by atoms with van der Waals surface area (Å²) in [6.07, 6.45) is 3.22. The first-order valence-electron chi connectivity index (χ1n) is 9.86. The molecule has 7 heteroatoms. The Morgan fingerprint density at radius 1 is 1.26 bits per heavy atom. The highest BCUT2D eigenvalue weighted by Crippen LogP contribution is 2.34. The van der Waals surface area contributed by atoms with Gasteiger partial charge in [0.25, 0.3) is 0 Å². The fraction of sp³-hybridized carbons (Fsp3) is 0.650. The van der Waals surface area contributed by atoms with Crippen molar-refractivity contribution in [3.63, 3.8) is 0 Å². The van der Waals surface area contributed by atoms with E-state index in [1.807, 2.05) is 18.2 Å². The van der Waals surface area contributed by atoms with Gasteiger partial charge in [-0.05, 0) is 38.2 Å². The molecule has 27 heavy (non-hydrogen) atoms. The van der Waals surface area contributed by atoms with Crippen molar-refractivity contribution < 1.29 is 17.9 Å². The summed E-state index contributed by atoms with van der Waals surface area (Å²) in [6, 6.07) is 10.3. The minimum absolute atomic E-state index is 0.0344. The molecule has 1 aromatic carbocycles. The smallest absolute Gasteiger partial charge is 0.224 e. The number of carbonyl (C=O) groups is 1. The molecule has 2 aliphatic heterocycles. The van der Waals surface area contributed by atoms with Crippen molar-refractivity contribution in [2.75, 3.05) is 38.6 Å². The van der Waals surface area contributed by atoms with E-state index in [0.717, 1.165) is 25.7 Å². The Morgan fingerprint density at radius 3 is 2.63 bits per heavy atom. The second kappa shape index (κ2) is 8.71. The lowest BCUT2D eigenvalue weighted by Crippen LogP contribution is -2.49. The summed E-state index contributed by atoms with van der Waals surface area (Å²) in [5, 5.41) is 3.14. The van der Waals surface area contributed by atoms with E-state index in [0.29, 0.717) is 32.8 Å². The van der Waals surface area contributed by atoms with Crippen LogP contribution in [0, 0.1) is 5.92 Å². The Kier molecular flexibility index (Phi) is 6.55. The predicted octanol–water partition coefficient (Wildman–Crippen LogP) is 1.91. The van der Waals surface area contributed by atoms with Gasteiger partial charge in [0.05, 0.1) is 11.7 Å². The van der Waals surface area contributed by atoms with Gasteiger partial charge in [-0.25, -0.2) is 12.7 Å². The number of nitrogens with zero attached hydrogens (tertiary/aromatic N) is 1. The van der Waals surface area contributed by atoms with Crippen LogP contribution in [0.2, 0.25) is 0 Å². The van der Waals surface area contributed by atoms with Crippen molar-refractivity contribution in [3.05, 3.63) is 35.9 Å². The number of piperidine rings is 1. The Balaban J connectivity index is 1.66. The molecule has 2 heterocycles. The molecule has 0 spiro atoms. The van der Waals surface area contributed by atoms with Crippen molar-refractivity contribution in [2.24, 2.45) is 5.92 Å². The molecule has 0 aromatic heterocycles. The van der Waals surface area contributed by atoms with E-state index in [9.17, 15) is 13.2 Å². The third kappa shape index (κ3) is 4.70. The number of sulfonamides is 1. The van der Waals surface area contributed by atoms with Crippen molar-refractivity contribution in [1.82, 2.24) is 9.62 Å². The average Bonchev–Trinajstić information content (AvgIpc) is 2.73. The molecule has 150 valence electrons. The van der Waals surface area contributed by atoms with Crippen molar-refractivity contribution in [2.45, 2.75) is 38.0 Å². The average molecular weight is 395 g/mol. The van der Waals surface area contributed by atoms with Crippen LogP contribution in [-0.4, -0.2) is 57.2 Å². The minimum Gasteiger partial charge on any atom is -0.381 e. The Hall–Kier alpha value is -1.44. The maximum Gasteiger partial charge on any atom is 0.224 e.